The average Bonchev–Trinajstić information content (AvgIpc) is 2.46. The molecule has 3 aliphatic carbocycles. The van der Waals surface area contributed by atoms with Crippen LogP contribution in [0.5, 0.6) is 0 Å². The predicted molar refractivity (Wildman–Crippen MR) is 78.2 cm³/mol. The smallest absolute Gasteiger partial charge is 0.0832 e. The monoisotopic (exact) mass is 279 g/mol. The molecular formula is C17H29NO2. The van der Waals surface area contributed by atoms with Gasteiger partial charge in [-0.1, -0.05) is 12.8 Å². The third-order valence-electron chi connectivity index (χ3n) is 7.22. The molecule has 3 nitrogen and oxygen atoms in total. The van der Waals surface area contributed by atoms with Crippen LogP contribution >= 0.6 is 0 Å². The van der Waals surface area contributed by atoms with Gasteiger partial charge < -0.3 is 15.1 Å². The summed E-state index contributed by atoms with van der Waals surface area (Å²) in [5.74, 6) is 3.39. The number of aliphatic hydroxyl groups is 2. The van der Waals surface area contributed by atoms with E-state index in [2.05, 4.69) is 11.9 Å². The molecule has 0 radical (unpaired) electrons. The maximum absolute atomic E-state index is 10.6. The zero-order valence-electron chi connectivity index (χ0n) is 12.6. The van der Waals surface area contributed by atoms with E-state index in [0.29, 0.717) is 17.8 Å². The SMILES string of the molecule is CN1CCC2CCCC3C4C(CCC(O)C4O)CC1C23. The molecule has 8 atom stereocenters. The highest BCUT2D eigenvalue weighted by molar-refractivity contribution is 5.05. The lowest BCUT2D eigenvalue weighted by Gasteiger charge is -2.60. The van der Waals surface area contributed by atoms with Crippen LogP contribution in [0, 0.1) is 29.6 Å². The molecule has 1 saturated heterocycles. The molecule has 4 rings (SSSR count). The molecule has 1 heterocycles. The highest BCUT2D eigenvalue weighted by Gasteiger charge is 2.55. The van der Waals surface area contributed by atoms with Crippen LogP contribution in [0.15, 0.2) is 0 Å². The van der Waals surface area contributed by atoms with Crippen molar-refractivity contribution in [2.75, 3.05) is 13.6 Å². The number of hydrogen-bond donors (Lipinski definition) is 2. The molecule has 114 valence electrons. The van der Waals surface area contributed by atoms with Gasteiger partial charge in [-0.3, -0.25) is 0 Å². The van der Waals surface area contributed by atoms with Crippen molar-refractivity contribution < 1.29 is 10.2 Å². The van der Waals surface area contributed by atoms with Crippen LogP contribution in [0.25, 0.3) is 0 Å². The van der Waals surface area contributed by atoms with Gasteiger partial charge in [0.15, 0.2) is 0 Å². The summed E-state index contributed by atoms with van der Waals surface area (Å²) in [5, 5.41) is 20.7. The van der Waals surface area contributed by atoms with E-state index < -0.39 is 12.2 Å². The summed E-state index contributed by atoms with van der Waals surface area (Å²) in [5.41, 5.74) is 0. The van der Waals surface area contributed by atoms with E-state index in [9.17, 15) is 10.2 Å². The van der Waals surface area contributed by atoms with Gasteiger partial charge in [-0.15, -0.1) is 0 Å². The van der Waals surface area contributed by atoms with Crippen LogP contribution in [0.4, 0.5) is 0 Å². The summed E-state index contributed by atoms with van der Waals surface area (Å²) in [7, 11) is 2.31. The Hall–Kier alpha value is -0.120. The molecular weight excluding hydrogens is 250 g/mol. The van der Waals surface area contributed by atoms with E-state index >= 15 is 0 Å². The molecule has 4 fully saturated rings. The van der Waals surface area contributed by atoms with Crippen molar-refractivity contribution >= 4 is 0 Å². The summed E-state index contributed by atoms with van der Waals surface area (Å²) in [6.07, 6.45) is 7.67. The van der Waals surface area contributed by atoms with Crippen molar-refractivity contribution in [3.63, 3.8) is 0 Å². The van der Waals surface area contributed by atoms with Gasteiger partial charge in [-0.05, 0) is 75.3 Å². The highest BCUT2D eigenvalue weighted by Crippen LogP contribution is 2.56. The minimum atomic E-state index is -0.463. The lowest BCUT2D eigenvalue weighted by molar-refractivity contribution is -0.155. The zero-order chi connectivity index (χ0) is 13.9. The van der Waals surface area contributed by atoms with Crippen molar-refractivity contribution in [3.8, 4) is 0 Å². The van der Waals surface area contributed by atoms with E-state index in [-0.39, 0.29) is 0 Å². The molecule has 0 spiro atoms. The fourth-order valence-corrected chi connectivity index (χ4v) is 6.37. The van der Waals surface area contributed by atoms with Gasteiger partial charge in [0.1, 0.15) is 0 Å². The normalized spacial score (nSPS) is 56.0. The number of rotatable bonds is 0. The van der Waals surface area contributed by atoms with Crippen LogP contribution in [0.2, 0.25) is 0 Å². The summed E-state index contributed by atoms with van der Waals surface area (Å²) in [6, 6.07) is 0.753. The van der Waals surface area contributed by atoms with Gasteiger partial charge in [-0.25, -0.2) is 0 Å². The molecule has 0 aromatic heterocycles. The molecule has 0 amide bonds. The lowest BCUT2D eigenvalue weighted by atomic mass is 9.51. The number of likely N-dealkylation sites (tertiary alicyclic amines) is 1. The second-order valence-corrected chi connectivity index (χ2v) is 7.98. The van der Waals surface area contributed by atoms with Crippen molar-refractivity contribution in [2.45, 2.75) is 63.2 Å². The molecule has 4 aliphatic rings. The molecule has 0 aromatic carbocycles. The third-order valence-corrected chi connectivity index (χ3v) is 7.22. The Kier molecular flexibility index (Phi) is 3.36. The second kappa shape index (κ2) is 4.96. The molecule has 2 N–H and O–H groups in total. The Labute approximate surface area is 122 Å². The summed E-state index contributed by atoms with van der Waals surface area (Å²) in [4.78, 5) is 2.60. The first-order chi connectivity index (χ1) is 9.66. The quantitative estimate of drug-likeness (QED) is 0.711. The molecule has 20 heavy (non-hydrogen) atoms. The molecule has 1 aliphatic heterocycles. The van der Waals surface area contributed by atoms with Gasteiger partial charge in [0.25, 0.3) is 0 Å². The number of piperidine rings is 1. The van der Waals surface area contributed by atoms with Crippen molar-refractivity contribution in [3.05, 3.63) is 0 Å². The van der Waals surface area contributed by atoms with Crippen molar-refractivity contribution in [1.82, 2.24) is 4.90 Å². The van der Waals surface area contributed by atoms with Crippen LogP contribution in [0.3, 0.4) is 0 Å². The minimum Gasteiger partial charge on any atom is -0.390 e. The Morgan fingerprint density at radius 1 is 0.900 bits per heavy atom. The summed E-state index contributed by atoms with van der Waals surface area (Å²) in [6.45, 7) is 1.26. The van der Waals surface area contributed by atoms with Gasteiger partial charge in [-0.2, -0.15) is 0 Å². The Morgan fingerprint density at radius 2 is 1.75 bits per heavy atom. The summed E-state index contributed by atoms with van der Waals surface area (Å²) < 4.78 is 0. The first-order valence-corrected chi connectivity index (χ1v) is 8.73. The van der Waals surface area contributed by atoms with Crippen LogP contribution in [-0.4, -0.2) is 47.0 Å². The fraction of sp³-hybridized carbons (Fsp3) is 1.00. The third kappa shape index (κ3) is 1.89. The number of fused-ring (bicyclic) bond motifs is 2. The van der Waals surface area contributed by atoms with E-state index in [0.717, 1.165) is 30.7 Å². The Morgan fingerprint density at radius 3 is 2.60 bits per heavy atom. The predicted octanol–water partition coefficient (Wildman–Crippen LogP) is 1.87. The van der Waals surface area contributed by atoms with Crippen molar-refractivity contribution in [2.24, 2.45) is 29.6 Å². The second-order valence-electron chi connectivity index (χ2n) is 7.98. The average molecular weight is 279 g/mol. The Bertz CT molecular complexity index is 370. The van der Waals surface area contributed by atoms with E-state index in [1.807, 2.05) is 0 Å². The number of nitrogens with zero attached hydrogens (tertiary/aromatic N) is 1. The lowest BCUT2D eigenvalue weighted by Crippen LogP contribution is -2.61. The Balaban J connectivity index is 1.66. The van der Waals surface area contributed by atoms with Gasteiger partial charge in [0, 0.05) is 6.04 Å². The zero-order valence-corrected chi connectivity index (χ0v) is 12.6. The van der Waals surface area contributed by atoms with Crippen molar-refractivity contribution in [1.29, 1.82) is 0 Å². The van der Waals surface area contributed by atoms with E-state index in [4.69, 9.17) is 0 Å². The molecule has 8 unspecified atom stereocenters. The topological polar surface area (TPSA) is 43.7 Å². The first-order valence-electron chi connectivity index (χ1n) is 8.73. The van der Waals surface area contributed by atoms with E-state index in [1.165, 1.54) is 38.6 Å². The van der Waals surface area contributed by atoms with Gasteiger partial charge >= 0.3 is 0 Å². The van der Waals surface area contributed by atoms with Gasteiger partial charge in [0.2, 0.25) is 0 Å². The van der Waals surface area contributed by atoms with Crippen LogP contribution < -0.4 is 0 Å². The molecule has 3 saturated carbocycles. The van der Waals surface area contributed by atoms with Crippen LogP contribution in [0.1, 0.15) is 44.9 Å². The van der Waals surface area contributed by atoms with E-state index in [1.54, 1.807) is 0 Å². The largest absolute Gasteiger partial charge is 0.390 e. The maximum Gasteiger partial charge on any atom is 0.0832 e. The summed E-state index contributed by atoms with van der Waals surface area (Å²) >= 11 is 0. The highest BCUT2D eigenvalue weighted by atomic mass is 16.3. The standard InChI is InChI=1S/C17H29NO2/c1-18-8-7-10-3-2-4-12-15(10)13(18)9-11-5-6-14(19)17(20)16(11)12/h10-17,19-20H,2-9H2,1H3. The van der Waals surface area contributed by atoms with Gasteiger partial charge in [0.05, 0.1) is 12.2 Å². The molecule has 3 heteroatoms. The first kappa shape index (κ1) is 13.5. The maximum atomic E-state index is 10.6. The number of hydrogen-bond acceptors (Lipinski definition) is 3. The molecule has 0 aromatic rings. The fourth-order valence-electron chi connectivity index (χ4n) is 6.37. The molecule has 0 bridgehead atoms. The minimum absolute atomic E-state index is 0.384. The van der Waals surface area contributed by atoms with Crippen LogP contribution in [-0.2, 0) is 0 Å². The number of aliphatic hydroxyl groups excluding tert-OH is 2.